The van der Waals surface area contributed by atoms with Crippen LogP contribution in [0, 0.1) is 11.8 Å². The third kappa shape index (κ3) is 4.80. The highest BCUT2D eigenvalue weighted by Gasteiger charge is 2.22. The Morgan fingerprint density at radius 1 is 1.25 bits per heavy atom. The molecule has 1 atom stereocenters. The maximum Gasteiger partial charge on any atom is 0.335 e. The van der Waals surface area contributed by atoms with Crippen molar-refractivity contribution in [3.8, 4) is 0 Å². The number of hydrogen-bond donors (Lipinski definition) is 2. The summed E-state index contributed by atoms with van der Waals surface area (Å²) < 4.78 is 23.4. The topological polar surface area (TPSA) is 101 Å². The summed E-state index contributed by atoms with van der Waals surface area (Å²) in [5, 5.41) is 11.8. The average Bonchev–Trinajstić information content (AvgIpc) is 2.98. The van der Waals surface area contributed by atoms with Crippen LogP contribution in [0.5, 0.6) is 0 Å². The number of rotatable bonds is 6. The van der Waals surface area contributed by atoms with Gasteiger partial charge in [-0.1, -0.05) is 32.6 Å². The molecule has 1 unspecified atom stereocenters. The Morgan fingerprint density at radius 3 is 2.42 bits per heavy atom. The Labute approximate surface area is 142 Å². The second-order valence-electron chi connectivity index (χ2n) is 6.60. The fourth-order valence-electron chi connectivity index (χ4n) is 3.13. The highest BCUT2D eigenvalue weighted by atomic mass is 32.2. The summed E-state index contributed by atoms with van der Waals surface area (Å²) in [7, 11) is -3.57. The molecule has 0 aromatic heterocycles. The zero-order chi connectivity index (χ0) is 17.9. The molecule has 0 bridgehead atoms. The Balaban J connectivity index is 2.16. The maximum atomic E-state index is 12.3. The molecule has 7 heteroatoms. The number of aromatic carboxylic acids is 1. The van der Waals surface area contributed by atoms with Crippen LogP contribution in [0.1, 0.15) is 49.4 Å². The van der Waals surface area contributed by atoms with Gasteiger partial charge < -0.3 is 10.4 Å². The van der Waals surface area contributed by atoms with Crippen LogP contribution >= 0.6 is 0 Å². The standard InChI is InChI=1S/C17H23NO5S/c1-11(7-12-5-3-4-6-12)16(19)18-14-8-13(17(20)21)9-15(10-14)24(2,22)23/h8-12H,3-7H2,1-2H3,(H,18,19)(H,20,21). The number of hydrogen-bond acceptors (Lipinski definition) is 4. The van der Waals surface area contributed by atoms with Gasteiger partial charge in [0.25, 0.3) is 0 Å². The predicted octanol–water partition coefficient (Wildman–Crippen LogP) is 2.94. The molecule has 1 amide bonds. The second kappa shape index (κ2) is 7.34. The Kier molecular flexibility index (Phi) is 5.64. The van der Waals surface area contributed by atoms with E-state index in [-0.39, 0.29) is 28.0 Å². The molecule has 6 nitrogen and oxygen atoms in total. The summed E-state index contributed by atoms with van der Waals surface area (Å²) in [6.07, 6.45) is 6.50. The van der Waals surface area contributed by atoms with Gasteiger partial charge in [-0.25, -0.2) is 13.2 Å². The van der Waals surface area contributed by atoms with Crippen LogP contribution in [0.3, 0.4) is 0 Å². The summed E-state index contributed by atoms with van der Waals surface area (Å²) in [5.41, 5.74) is 0.0234. The largest absolute Gasteiger partial charge is 0.478 e. The van der Waals surface area contributed by atoms with Crippen LogP contribution in [-0.4, -0.2) is 31.7 Å². The van der Waals surface area contributed by atoms with Crippen LogP contribution in [0.25, 0.3) is 0 Å². The van der Waals surface area contributed by atoms with Crippen molar-refractivity contribution >= 4 is 27.4 Å². The van der Waals surface area contributed by atoms with E-state index in [9.17, 15) is 18.0 Å². The molecular formula is C17H23NO5S. The SMILES string of the molecule is CC(CC1CCCC1)C(=O)Nc1cc(C(=O)O)cc(S(C)(=O)=O)c1. The molecule has 1 aromatic rings. The lowest BCUT2D eigenvalue weighted by molar-refractivity contribution is -0.119. The van der Waals surface area contributed by atoms with E-state index in [0.29, 0.717) is 5.92 Å². The maximum absolute atomic E-state index is 12.3. The minimum absolute atomic E-state index is 0.124. The van der Waals surface area contributed by atoms with Gasteiger partial charge in [-0.05, 0) is 30.5 Å². The van der Waals surface area contributed by atoms with Crippen LogP contribution in [0.2, 0.25) is 0 Å². The van der Waals surface area contributed by atoms with Gasteiger partial charge in [-0.15, -0.1) is 0 Å². The molecule has 0 saturated heterocycles. The normalized spacial score (nSPS) is 16.8. The molecule has 1 aromatic carbocycles. The van der Waals surface area contributed by atoms with Crippen LogP contribution in [-0.2, 0) is 14.6 Å². The lowest BCUT2D eigenvalue weighted by Gasteiger charge is -2.16. The fourth-order valence-corrected chi connectivity index (χ4v) is 3.81. The molecule has 2 rings (SSSR count). The number of anilines is 1. The van der Waals surface area contributed by atoms with Crippen molar-refractivity contribution in [3.63, 3.8) is 0 Å². The molecule has 132 valence electrons. The lowest BCUT2D eigenvalue weighted by atomic mass is 9.94. The molecule has 2 N–H and O–H groups in total. The zero-order valence-corrected chi connectivity index (χ0v) is 14.7. The molecule has 1 fully saturated rings. The Bertz CT molecular complexity index is 735. The van der Waals surface area contributed by atoms with Crippen molar-refractivity contribution in [2.45, 2.75) is 43.9 Å². The first-order valence-corrected chi connectivity index (χ1v) is 9.95. The van der Waals surface area contributed by atoms with Gasteiger partial charge in [-0.3, -0.25) is 4.79 Å². The highest BCUT2D eigenvalue weighted by molar-refractivity contribution is 7.90. The molecule has 0 radical (unpaired) electrons. The van der Waals surface area contributed by atoms with Crippen LogP contribution in [0.15, 0.2) is 23.1 Å². The first-order chi connectivity index (χ1) is 11.2. The average molecular weight is 353 g/mol. The van der Waals surface area contributed by atoms with Crippen LogP contribution < -0.4 is 5.32 Å². The first-order valence-electron chi connectivity index (χ1n) is 8.06. The first kappa shape index (κ1) is 18.4. The van der Waals surface area contributed by atoms with Gasteiger partial charge in [-0.2, -0.15) is 0 Å². The van der Waals surface area contributed by atoms with Crippen molar-refractivity contribution in [1.82, 2.24) is 0 Å². The summed E-state index contributed by atoms with van der Waals surface area (Å²) >= 11 is 0. The van der Waals surface area contributed by atoms with E-state index in [1.165, 1.54) is 25.0 Å². The van der Waals surface area contributed by atoms with E-state index >= 15 is 0 Å². The van der Waals surface area contributed by atoms with Gasteiger partial charge in [0.1, 0.15) is 0 Å². The molecule has 1 saturated carbocycles. The number of sulfone groups is 1. The molecule has 0 aliphatic heterocycles. The van der Waals surface area contributed by atoms with Crippen molar-refractivity contribution in [3.05, 3.63) is 23.8 Å². The van der Waals surface area contributed by atoms with Crippen molar-refractivity contribution in [2.24, 2.45) is 11.8 Å². The van der Waals surface area contributed by atoms with E-state index in [2.05, 4.69) is 5.32 Å². The van der Waals surface area contributed by atoms with E-state index < -0.39 is 15.8 Å². The van der Waals surface area contributed by atoms with E-state index in [1.54, 1.807) is 0 Å². The van der Waals surface area contributed by atoms with E-state index in [0.717, 1.165) is 31.6 Å². The van der Waals surface area contributed by atoms with Crippen molar-refractivity contribution < 1.29 is 23.1 Å². The quantitative estimate of drug-likeness (QED) is 0.819. The minimum atomic E-state index is -3.57. The van der Waals surface area contributed by atoms with Gasteiger partial charge in [0, 0.05) is 17.9 Å². The molecule has 0 heterocycles. The Hall–Kier alpha value is -1.89. The number of carboxylic acids is 1. The number of carbonyl (C=O) groups excluding carboxylic acids is 1. The summed E-state index contributed by atoms with van der Waals surface area (Å²) in [6, 6.07) is 3.66. The number of carbonyl (C=O) groups is 2. The van der Waals surface area contributed by atoms with Gasteiger partial charge in [0.05, 0.1) is 10.5 Å². The highest BCUT2D eigenvalue weighted by Crippen LogP contribution is 2.30. The third-order valence-electron chi connectivity index (χ3n) is 4.46. The molecule has 24 heavy (non-hydrogen) atoms. The zero-order valence-electron chi connectivity index (χ0n) is 13.9. The van der Waals surface area contributed by atoms with E-state index in [1.807, 2.05) is 6.92 Å². The molecule has 1 aliphatic carbocycles. The third-order valence-corrected chi connectivity index (χ3v) is 5.55. The van der Waals surface area contributed by atoms with Gasteiger partial charge >= 0.3 is 5.97 Å². The molecule has 1 aliphatic rings. The number of nitrogens with one attached hydrogen (secondary N) is 1. The van der Waals surface area contributed by atoms with Crippen molar-refractivity contribution in [1.29, 1.82) is 0 Å². The second-order valence-corrected chi connectivity index (χ2v) is 8.62. The molecular weight excluding hydrogens is 330 g/mol. The summed E-state index contributed by atoms with van der Waals surface area (Å²) in [5.74, 6) is -1.11. The van der Waals surface area contributed by atoms with E-state index in [4.69, 9.17) is 5.11 Å². The summed E-state index contributed by atoms with van der Waals surface area (Å²) in [6.45, 7) is 1.84. The number of amides is 1. The fraction of sp³-hybridized carbons (Fsp3) is 0.529. The lowest BCUT2D eigenvalue weighted by Crippen LogP contribution is -2.22. The molecule has 0 spiro atoms. The van der Waals surface area contributed by atoms with Crippen molar-refractivity contribution in [2.75, 3.05) is 11.6 Å². The van der Waals surface area contributed by atoms with Gasteiger partial charge in [0.2, 0.25) is 5.91 Å². The summed E-state index contributed by atoms with van der Waals surface area (Å²) in [4.78, 5) is 23.4. The van der Waals surface area contributed by atoms with Crippen LogP contribution in [0.4, 0.5) is 5.69 Å². The monoisotopic (exact) mass is 353 g/mol. The minimum Gasteiger partial charge on any atom is -0.478 e. The number of carboxylic acid groups (broad SMARTS) is 1. The Morgan fingerprint density at radius 2 is 1.88 bits per heavy atom. The smallest absolute Gasteiger partial charge is 0.335 e. The number of benzene rings is 1. The van der Waals surface area contributed by atoms with Gasteiger partial charge in [0.15, 0.2) is 9.84 Å². The predicted molar refractivity (Wildman–Crippen MR) is 90.9 cm³/mol.